The van der Waals surface area contributed by atoms with Crippen LogP contribution < -0.4 is 21.8 Å². The highest BCUT2D eigenvalue weighted by Crippen LogP contribution is 2.42. The van der Waals surface area contributed by atoms with Gasteiger partial charge in [-0.3, -0.25) is 4.79 Å². The topological polar surface area (TPSA) is 115 Å². The Morgan fingerprint density at radius 1 is 1.37 bits per heavy atom. The largest absolute Gasteiger partial charge is 0.477 e. The lowest BCUT2D eigenvalue weighted by Crippen LogP contribution is -2.33. The minimum atomic E-state index is -1.34. The van der Waals surface area contributed by atoms with Crippen molar-refractivity contribution in [1.29, 1.82) is 0 Å². The Bertz CT molecular complexity index is 1000. The number of hydrogen-bond acceptors (Lipinski definition) is 5. The minimum absolute atomic E-state index is 0.0214. The summed E-state index contributed by atoms with van der Waals surface area (Å²) in [4.78, 5) is 25.8. The third kappa shape index (κ3) is 2.88. The van der Waals surface area contributed by atoms with E-state index in [1.54, 1.807) is 9.47 Å². The number of hydrogen-bond donors (Lipinski definition) is 3. The van der Waals surface area contributed by atoms with Crippen LogP contribution in [0.15, 0.2) is 17.1 Å². The van der Waals surface area contributed by atoms with Gasteiger partial charge in [0.05, 0.1) is 21.6 Å². The maximum absolute atomic E-state index is 15.0. The summed E-state index contributed by atoms with van der Waals surface area (Å²) in [6.07, 6.45) is 3.02. The van der Waals surface area contributed by atoms with Crippen molar-refractivity contribution in [3.05, 3.63) is 38.9 Å². The molecule has 0 amide bonds. The first kappa shape index (κ1) is 18.2. The fraction of sp³-hybridized carbons (Fsp3) is 0.444. The zero-order valence-electron chi connectivity index (χ0n) is 14.5. The van der Waals surface area contributed by atoms with E-state index in [1.807, 2.05) is 0 Å². The first-order chi connectivity index (χ1) is 12.8. The van der Waals surface area contributed by atoms with Crippen LogP contribution in [0.4, 0.5) is 10.1 Å². The summed E-state index contributed by atoms with van der Waals surface area (Å²) in [6.45, 7) is 1.27. The Labute approximate surface area is 159 Å². The average Bonchev–Trinajstić information content (AvgIpc) is 3.38. The van der Waals surface area contributed by atoms with Crippen molar-refractivity contribution >= 4 is 34.2 Å². The summed E-state index contributed by atoms with van der Waals surface area (Å²) in [6, 6.07) is 0.951. The van der Waals surface area contributed by atoms with Crippen molar-refractivity contribution in [3.63, 3.8) is 0 Å². The van der Waals surface area contributed by atoms with E-state index in [9.17, 15) is 19.1 Å². The number of aromatic nitrogens is 1. The first-order valence-corrected chi connectivity index (χ1v) is 9.22. The lowest BCUT2D eigenvalue weighted by Gasteiger charge is -2.23. The van der Waals surface area contributed by atoms with Crippen molar-refractivity contribution in [2.45, 2.75) is 24.9 Å². The SMILES string of the molecule is NCC1CN(c2c(F)cc3c(=O)c(C(=O)O)cn(C4CC4)c3c2Cl)CC1N. The quantitative estimate of drug-likeness (QED) is 0.724. The van der Waals surface area contributed by atoms with Gasteiger partial charge in [-0.2, -0.15) is 0 Å². The number of carbonyl (C=O) groups is 1. The molecule has 1 aliphatic carbocycles. The van der Waals surface area contributed by atoms with E-state index in [-0.39, 0.29) is 39.7 Å². The lowest BCUT2D eigenvalue weighted by atomic mass is 10.1. The van der Waals surface area contributed by atoms with Crippen molar-refractivity contribution in [3.8, 4) is 0 Å². The smallest absolute Gasteiger partial charge is 0.341 e. The third-order valence-corrected chi connectivity index (χ3v) is 5.82. The fourth-order valence-corrected chi connectivity index (χ4v) is 4.25. The van der Waals surface area contributed by atoms with Gasteiger partial charge in [-0.15, -0.1) is 0 Å². The number of carboxylic acid groups (broad SMARTS) is 1. The molecule has 2 atom stereocenters. The van der Waals surface area contributed by atoms with E-state index in [4.69, 9.17) is 23.1 Å². The number of carboxylic acids is 1. The van der Waals surface area contributed by atoms with Gasteiger partial charge in [0, 0.05) is 37.3 Å². The van der Waals surface area contributed by atoms with E-state index < -0.39 is 17.2 Å². The third-order valence-electron chi connectivity index (χ3n) is 5.47. The van der Waals surface area contributed by atoms with Gasteiger partial charge in [0.1, 0.15) is 11.4 Å². The number of nitrogens with two attached hydrogens (primary N) is 2. The molecule has 0 spiro atoms. The van der Waals surface area contributed by atoms with Crippen LogP contribution in [0.2, 0.25) is 5.02 Å². The second-order valence-electron chi connectivity index (χ2n) is 7.30. The zero-order valence-corrected chi connectivity index (χ0v) is 15.2. The monoisotopic (exact) mass is 394 g/mol. The summed E-state index contributed by atoms with van der Waals surface area (Å²) >= 11 is 6.59. The maximum atomic E-state index is 15.0. The van der Waals surface area contributed by atoms with Crippen molar-refractivity contribution in [2.24, 2.45) is 17.4 Å². The molecule has 1 aliphatic heterocycles. The van der Waals surface area contributed by atoms with Gasteiger partial charge in [-0.05, 0) is 25.5 Å². The molecule has 0 bridgehead atoms. The number of fused-ring (bicyclic) bond motifs is 1. The molecule has 144 valence electrons. The van der Waals surface area contributed by atoms with E-state index in [2.05, 4.69) is 0 Å². The summed E-state index contributed by atoms with van der Waals surface area (Å²) in [5.41, 5.74) is 11.3. The molecule has 0 radical (unpaired) electrons. The molecule has 2 unspecified atom stereocenters. The van der Waals surface area contributed by atoms with Crippen molar-refractivity contribution in [2.75, 3.05) is 24.5 Å². The predicted molar refractivity (Wildman–Crippen MR) is 101 cm³/mol. The highest BCUT2D eigenvalue weighted by Gasteiger charge is 2.34. The highest BCUT2D eigenvalue weighted by molar-refractivity contribution is 6.38. The fourth-order valence-electron chi connectivity index (χ4n) is 3.84. The van der Waals surface area contributed by atoms with Gasteiger partial charge in [0.25, 0.3) is 0 Å². The highest BCUT2D eigenvalue weighted by atomic mass is 35.5. The standard InChI is InChI=1S/C18H20ClFN4O3/c19-14-15-10(17(25)11(18(26)27)6-24(15)9-1-2-9)3-12(20)16(14)23-5-8(4-21)13(22)7-23/h3,6,8-9,13H,1-2,4-5,7,21-22H2,(H,26,27). The molecule has 2 aromatic rings. The molecular formula is C18H20ClFN4O3. The van der Waals surface area contributed by atoms with Crippen LogP contribution in [-0.4, -0.2) is 41.3 Å². The van der Waals surface area contributed by atoms with Gasteiger partial charge >= 0.3 is 5.97 Å². The second kappa shape index (κ2) is 6.47. The van der Waals surface area contributed by atoms with Gasteiger partial charge in [-0.1, -0.05) is 11.6 Å². The maximum Gasteiger partial charge on any atom is 0.341 e. The molecule has 27 heavy (non-hydrogen) atoms. The van der Waals surface area contributed by atoms with E-state index in [1.165, 1.54) is 6.20 Å². The Morgan fingerprint density at radius 3 is 2.63 bits per heavy atom. The summed E-state index contributed by atoms with van der Waals surface area (Å²) in [7, 11) is 0. The van der Waals surface area contributed by atoms with Crippen molar-refractivity contribution in [1.82, 2.24) is 4.57 Å². The second-order valence-corrected chi connectivity index (χ2v) is 7.68. The number of halogens is 2. The van der Waals surface area contributed by atoms with E-state index >= 15 is 0 Å². The van der Waals surface area contributed by atoms with Crippen LogP contribution in [0.5, 0.6) is 0 Å². The number of pyridine rings is 1. The number of aromatic carboxylic acids is 1. The Morgan fingerprint density at radius 2 is 2.07 bits per heavy atom. The Hall–Kier alpha value is -2.16. The number of rotatable bonds is 4. The predicted octanol–water partition coefficient (Wildman–Crippen LogP) is 1.55. The molecule has 1 saturated carbocycles. The van der Waals surface area contributed by atoms with Crippen LogP contribution >= 0.6 is 11.6 Å². The molecule has 1 saturated heterocycles. The van der Waals surface area contributed by atoms with Crippen LogP contribution in [0.25, 0.3) is 10.9 Å². The molecule has 5 N–H and O–H groups in total. The van der Waals surface area contributed by atoms with Crippen molar-refractivity contribution < 1.29 is 14.3 Å². The van der Waals surface area contributed by atoms with E-state index in [0.717, 1.165) is 18.9 Å². The molecule has 4 rings (SSSR count). The number of anilines is 1. The number of nitrogens with zero attached hydrogens (tertiary/aromatic N) is 2. The molecule has 9 heteroatoms. The minimum Gasteiger partial charge on any atom is -0.477 e. The summed E-state index contributed by atoms with van der Waals surface area (Å²) < 4.78 is 16.7. The molecule has 2 fully saturated rings. The molecule has 1 aromatic carbocycles. The van der Waals surface area contributed by atoms with Crippen LogP contribution in [0, 0.1) is 11.7 Å². The van der Waals surface area contributed by atoms with Gasteiger partial charge in [-0.25, -0.2) is 9.18 Å². The van der Waals surface area contributed by atoms with E-state index in [0.29, 0.717) is 25.2 Å². The summed E-state index contributed by atoms with van der Waals surface area (Å²) in [5.74, 6) is -1.98. The average molecular weight is 395 g/mol. The first-order valence-electron chi connectivity index (χ1n) is 8.84. The molecule has 2 aliphatic rings. The van der Waals surface area contributed by atoms with Gasteiger partial charge < -0.3 is 26.0 Å². The molecule has 7 nitrogen and oxygen atoms in total. The molecule has 1 aromatic heterocycles. The van der Waals surface area contributed by atoms with Crippen LogP contribution in [-0.2, 0) is 0 Å². The zero-order chi connectivity index (χ0) is 19.5. The van der Waals surface area contributed by atoms with Gasteiger partial charge in [0.15, 0.2) is 0 Å². The summed E-state index contributed by atoms with van der Waals surface area (Å²) in [5, 5.41) is 9.41. The van der Waals surface area contributed by atoms with Crippen LogP contribution in [0.1, 0.15) is 29.2 Å². The Kier molecular flexibility index (Phi) is 4.37. The lowest BCUT2D eigenvalue weighted by molar-refractivity contribution is 0.0695. The molecule has 2 heterocycles. The normalized spacial score (nSPS) is 22.6. The van der Waals surface area contributed by atoms with Gasteiger partial charge in [0.2, 0.25) is 5.43 Å². The van der Waals surface area contributed by atoms with Crippen LogP contribution in [0.3, 0.4) is 0 Å². The number of benzene rings is 1. The Balaban J connectivity index is 1.96. The molecular weight excluding hydrogens is 375 g/mol.